The Morgan fingerprint density at radius 1 is 1.24 bits per heavy atom. The van der Waals surface area contributed by atoms with Gasteiger partial charge in [-0.3, -0.25) is 0 Å². The molecule has 2 N–H and O–H groups in total. The third-order valence-electron chi connectivity index (χ3n) is 5.10. The molecule has 5 nitrogen and oxygen atoms in total. The molecule has 1 aromatic carbocycles. The molecule has 0 spiro atoms. The van der Waals surface area contributed by atoms with Crippen LogP contribution in [-0.4, -0.2) is 37.4 Å². The van der Waals surface area contributed by atoms with Crippen molar-refractivity contribution in [2.24, 2.45) is 0 Å². The number of hydrogen-bond acceptors (Lipinski definition) is 4. The minimum atomic E-state index is 0.538. The molecule has 5 heteroatoms. The van der Waals surface area contributed by atoms with Crippen molar-refractivity contribution in [2.45, 2.75) is 57.8 Å². The van der Waals surface area contributed by atoms with Crippen LogP contribution in [0.4, 0.5) is 11.4 Å². The molecular formula is C20H32N4O. The van der Waals surface area contributed by atoms with E-state index in [0.29, 0.717) is 12.6 Å². The second-order valence-corrected chi connectivity index (χ2v) is 7.32. The van der Waals surface area contributed by atoms with Crippen molar-refractivity contribution in [3.05, 3.63) is 18.0 Å². The first-order valence-corrected chi connectivity index (χ1v) is 9.71. The van der Waals surface area contributed by atoms with Gasteiger partial charge in [0.2, 0.25) is 0 Å². The molecule has 1 aliphatic rings. The van der Waals surface area contributed by atoms with Crippen molar-refractivity contribution in [3.8, 4) is 0 Å². The number of nitrogens with one attached hydrogen (secondary N) is 2. The highest BCUT2D eigenvalue weighted by Crippen LogP contribution is 2.34. The number of fused-ring (bicyclic) bond motifs is 1. The zero-order chi connectivity index (χ0) is 17.6. The first-order chi connectivity index (χ1) is 12.2. The minimum absolute atomic E-state index is 0.538. The number of H-pyrrole nitrogens is 1. The second-order valence-electron chi connectivity index (χ2n) is 7.32. The highest BCUT2D eigenvalue weighted by Gasteiger charge is 2.19. The van der Waals surface area contributed by atoms with Crippen LogP contribution < -0.4 is 10.2 Å². The summed E-state index contributed by atoms with van der Waals surface area (Å²) in [6, 6.07) is 4.35. The lowest BCUT2D eigenvalue weighted by atomic mass is 9.89. The van der Waals surface area contributed by atoms with Crippen molar-refractivity contribution in [2.75, 3.05) is 37.6 Å². The predicted molar refractivity (Wildman–Crippen MR) is 106 cm³/mol. The Kier molecular flexibility index (Phi) is 6.19. The average molecular weight is 345 g/mol. The van der Waals surface area contributed by atoms with E-state index in [2.05, 4.69) is 48.4 Å². The zero-order valence-electron chi connectivity index (χ0n) is 15.9. The van der Waals surface area contributed by atoms with Crippen molar-refractivity contribution < 1.29 is 4.74 Å². The highest BCUT2D eigenvalue weighted by atomic mass is 16.5. The maximum absolute atomic E-state index is 5.67. The summed E-state index contributed by atoms with van der Waals surface area (Å²) in [6.07, 6.45) is 8.81. The van der Waals surface area contributed by atoms with Crippen LogP contribution in [0.5, 0.6) is 0 Å². The standard InChI is InChI=1S/C20H32N4O/c1-4-5-11-25-14-21-18-12-16-17(13-19(18)24(2)3)23-20(22-16)15-9-7-6-8-10-15/h12-13,15,21H,4-11,14H2,1-3H3,(H,22,23). The molecule has 0 amide bonds. The van der Waals surface area contributed by atoms with Gasteiger partial charge in [0.05, 0.1) is 22.4 Å². The molecule has 0 atom stereocenters. The van der Waals surface area contributed by atoms with E-state index in [1.807, 2.05) is 0 Å². The maximum atomic E-state index is 5.67. The van der Waals surface area contributed by atoms with E-state index in [0.717, 1.165) is 47.7 Å². The summed E-state index contributed by atoms with van der Waals surface area (Å²) in [5, 5.41) is 3.42. The van der Waals surface area contributed by atoms with E-state index in [4.69, 9.17) is 9.72 Å². The van der Waals surface area contributed by atoms with Crippen LogP contribution in [0, 0.1) is 0 Å². The van der Waals surface area contributed by atoms with E-state index in [1.54, 1.807) is 0 Å². The predicted octanol–water partition coefficient (Wildman–Crippen LogP) is 4.86. The lowest BCUT2D eigenvalue weighted by Gasteiger charge is -2.18. The summed E-state index contributed by atoms with van der Waals surface area (Å²) < 4.78 is 5.67. The smallest absolute Gasteiger partial charge is 0.116 e. The van der Waals surface area contributed by atoms with E-state index in [9.17, 15) is 0 Å². The monoisotopic (exact) mass is 344 g/mol. The van der Waals surface area contributed by atoms with Gasteiger partial charge >= 0.3 is 0 Å². The Labute approximate surface area is 151 Å². The summed E-state index contributed by atoms with van der Waals surface area (Å²) >= 11 is 0. The van der Waals surface area contributed by atoms with Gasteiger partial charge in [-0.05, 0) is 31.4 Å². The Morgan fingerprint density at radius 2 is 2.04 bits per heavy atom. The molecule has 3 rings (SSSR count). The van der Waals surface area contributed by atoms with Crippen molar-refractivity contribution in [3.63, 3.8) is 0 Å². The fourth-order valence-corrected chi connectivity index (χ4v) is 3.59. The number of aromatic amines is 1. The molecule has 1 heterocycles. The third-order valence-corrected chi connectivity index (χ3v) is 5.10. The van der Waals surface area contributed by atoms with E-state index in [-0.39, 0.29) is 0 Å². The summed E-state index contributed by atoms with van der Waals surface area (Å²) in [5.41, 5.74) is 4.41. The maximum Gasteiger partial charge on any atom is 0.116 e. The SMILES string of the molecule is CCCCOCNc1cc2[nH]c(C3CCCCC3)nc2cc1N(C)C. The molecule has 25 heavy (non-hydrogen) atoms. The molecule has 0 bridgehead atoms. The number of imidazole rings is 1. The first-order valence-electron chi connectivity index (χ1n) is 9.71. The fraction of sp³-hybridized carbons (Fsp3) is 0.650. The molecule has 1 aromatic heterocycles. The van der Waals surface area contributed by atoms with Crippen LogP contribution in [0.15, 0.2) is 12.1 Å². The lowest BCUT2D eigenvalue weighted by molar-refractivity contribution is 0.149. The quantitative estimate of drug-likeness (QED) is 0.530. The van der Waals surface area contributed by atoms with Gasteiger partial charge in [-0.25, -0.2) is 4.98 Å². The number of nitrogens with zero attached hydrogens (tertiary/aromatic N) is 2. The van der Waals surface area contributed by atoms with Crippen LogP contribution in [0.2, 0.25) is 0 Å². The number of anilines is 2. The Morgan fingerprint density at radius 3 is 2.76 bits per heavy atom. The number of hydrogen-bond donors (Lipinski definition) is 2. The van der Waals surface area contributed by atoms with Crippen LogP contribution >= 0.6 is 0 Å². The first kappa shape index (κ1) is 18.1. The molecule has 0 unspecified atom stereocenters. The van der Waals surface area contributed by atoms with Gasteiger partial charge < -0.3 is 19.9 Å². The summed E-state index contributed by atoms with van der Waals surface area (Å²) in [5.74, 6) is 1.76. The molecule has 1 aliphatic carbocycles. The van der Waals surface area contributed by atoms with E-state index in [1.165, 1.54) is 32.1 Å². The van der Waals surface area contributed by atoms with Crippen molar-refractivity contribution in [1.82, 2.24) is 9.97 Å². The molecule has 1 saturated carbocycles. The number of ether oxygens (including phenoxy) is 1. The summed E-state index contributed by atoms with van der Waals surface area (Å²) in [6.45, 7) is 3.52. The number of rotatable bonds is 8. The number of aromatic nitrogens is 2. The van der Waals surface area contributed by atoms with Gasteiger partial charge in [0.25, 0.3) is 0 Å². The normalized spacial score (nSPS) is 15.6. The Bertz CT molecular complexity index is 674. The van der Waals surface area contributed by atoms with Gasteiger partial charge in [0.1, 0.15) is 12.6 Å². The van der Waals surface area contributed by atoms with E-state index >= 15 is 0 Å². The molecule has 0 saturated heterocycles. The van der Waals surface area contributed by atoms with Gasteiger partial charge in [-0.15, -0.1) is 0 Å². The number of benzene rings is 1. The number of unbranched alkanes of at least 4 members (excludes halogenated alkanes) is 1. The van der Waals surface area contributed by atoms with E-state index < -0.39 is 0 Å². The van der Waals surface area contributed by atoms with Crippen molar-refractivity contribution in [1.29, 1.82) is 0 Å². The highest BCUT2D eigenvalue weighted by molar-refractivity contribution is 5.88. The largest absolute Gasteiger partial charge is 0.376 e. The van der Waals surface area contributed by atoms with Crippen LogP contribution in [0.3, 0.4) is 0 Å². The lowest BCUT2D eigenvalue weighted by Crippen LogP contribution is -2.14. The fourth-order valence-electron chi connectivity index (χ4n) is 3.59. The molecule has 138 valence electrons. The zero-order valence-corrected chi connectivity index (χ0v) is 15.9. The summed E-state index contributed by atoms with van der Waals surface area (Å²) in [7, 11) is 4.14. The van der Waals surface area contributed by atoms with Crippen LogP contribution in [-0.2, 0) is 4.74 Å². The summed E-state index contributed by atoms with van der Waals surface area (Å²) in [4.78, 5) is 10.6. The Hall–Kier alpha value is -1.75. The van der Waals surface area contributed by atoms with Gasteiger partial charge in [0.15, 0.2) is 0 Å². The van der Waals surface area contributed by atoms with Gasteiger partial charge in [-0.2, -0.15) is 0 Å². The molecule has 2 aromatic rings. The topological polar surface area (TPSA) is 53.2 Å². The third kappa shape index (κ3) is 4.46. The van der Waals surface area contributed by atoms with Crippen LogP contribution in [0.25, 0.3) is 11.0 Å². The van der Waals surface area contributed by atoms with Crippen LogP contribution in [0.1, 0.15) is 63.6 Å². The Balaban J connectivity index is 1.78. The molecule has 0 radical (unpaired) electrons. The minimum Gasteiger partial charge on any atom is -0.376 e. The molecule has 1 fully saturated rings. The second kappa shape index (κ2) is 8.56. The molecular weight excluding hydrogens is 312 g/mol. The van der Waals surface area contributed by atoms with Crippen molar-refractivity contribution >= 4 is 22.4 Å². The van der Waals surface area contributed by atoms with Gasteiger partial charge in [0, 0.05) is 26.6 Å². The average Bonchev–Trinajstić information content (AvgIpc) is 3.04. The van der Waals surface area contributed by atoms with Gasteiger partial charge in [-0.1, -0.05) is 32.6 Å². The molecule has 0 aliphatic heterocycles.